The Morgan fingerprint density at radius 3 is 2.71 bits per heavy atom. The summed E-state index contributed by atoms with van der Waals surface area (Å²) in [6.07, 6.45) is 4.04. The van der Waals surface area contributed by atoms with Crippen LogP contribution in [0.2, 0.25) is 0 Å². The van der Waals surface area contributed by atoms with Gasteiger partial charge in [-0.25, -0.2) is 4.79 Å². The van der Waals surface area contributed by atoms with Gasteiger partial charge in [0.25, 0.3) is 0 Å². The molecule has 0 bridgehead atoms. The lowest BCUT2D eigenvalue weighted by Crippen LogP contribution is -2.35. The van der Waals surface area contributed by atoms with E-state index in [0.717, 1.165) is 24.8 Å². The maximum atomic E-state index is 11.9. The molecule has 132 valence electrons. The number of aliphatic carboxylic acids is 1. The molecule has 0 radical (unpaired) electrons. The van der Waals surface area contributed by atoms with E-state index in [1.54, 1.807) is 0 Å². The Morgan fingerprint density at radius 2 is 2.04 bits per heavy atom. The molecule has 2 N–H and O–H groups in total. The minimum Gasteiger partial charge on any atom is -0.481 e. The van der Waals surface area contributed by atoms with E-state index in [2.05, 4.69) is 12.2 Å². The number of carboxylic acid groups (broad SMARTS) is 1. The Kier molecular flexibility index (Phi) is 7.09. The summed E-state index contributed by atoms with van der Waals surface area (Å²) >= 11 is 0. The van der Waals surface area contributed by atoms with Crippen molar-refractivity contribution < 1.29 is 19.4 Å². The van der Waals surface area contributed by atoms with Crippen LogP contribution < -0.4 is 5.32 Å². The van der Waals surface area contributed by atoms with E-state index in [4.69, 9.17) is 9.84 Å². The molecule has 0 aliphatic heterocycles. The lowest BCUT2D eigenvalue weighted by atomic mass is 9.74. The molecule has 1 aromatic rings. The summed E-state index contributed by atoms with van der Waals surface area (Å²) in [5, 5.41) is 11.9. The van der Waals surface area contributed by atoms with Crippen molar-refractivity contribution in [1.82, 2.24) is 5.32 Å². The fourth-order valence-corrected chi connectivity index (χ4v) is 3.53. The highest BCUT2D eigenvalue weighted by Gasteiger charge is 2.28. The minimum atomic E-state index is -0.808. The van der Waals surface area contributed by atoms with Crippen molar-refractivity contribution >= 4 is 12.1 Å². The predicted octanol–water partition coefficient (Wildman–Crippen LogP) is 3.83. The van der Waals surface area contributed by atoms with Crippen molar-refractivity contribution in [1.29, 1.82) is 0 Å². The number of rotatable bonds is 7. The molecule has 1 aliphatic carbocycles. The summed E-state index contributed by atoms with van der Waals surface area (Å²) in [4.78, 5) is 23.0. The summed E-state index contributed by atoms with van der Waals surface area (Å²) in [6.45, 7) is 2.79. The molecule has 5 heteroatoms. The quantitative estimate of drug-likeness (QED) is 0.795. The van der Waals surface area contributed by atoms with Gasteiger partial charge in [-0.15, -0.1) is 0 Å². The highest BCUT2D eigenvalue weighted by Crippen LogP contribution is 2.34. The Balaban J connectivity index is 1.80. The van der Waals surface area contributed by atoms with E-state index in [-0.39, 0.29) is 18.9 Å². The van der Waals surface area contributed by atoms with Crippen molar-refractivity contribution in [3.63, 3.8) is 0 Å². The maximum Gasteiger partial charge on any atom is 0.407 e. The smallest absolute Gasteiger partial charge is 0.407 e. The zero-order valence-electron chi connectivity index (χ0n) is 14.2. The number of hydrogen-bond acceptors (Lipinski definition) is 3. The molecule has 1 amide bonds. The zero-order valence-corrected chi connectivity index (χ0v) is 14.2. The summed E-state index contributed by atoms with van der Waals surface area (Å²) in [5.41, 5.74) is 0.927. The number of hydrogen-bond donors (Lipinski definition) is 2. The number of carbonyl (C=O) groups is 2. The molecular formula is C19H27NO4. The molecule has 0 saturated heterocycles. The van der Waals surface area contributed by atoms with E-state index in [9.17, 15) is 9.59 Å². The van der Waals surface area contributed by atoms with Gasteiger partial charge in [0.05, 0.1) is 6.42 Å². The van der Waals surface area contributed by atoms with Crippen LogP contribution in [0.5, 0.6) is 0 Å². The lowest BCUT2D eigenvalue weighted by molar-refractivity contribution is -0.138. The Morgan fingerprint density at radius 1 is 1.29 bits per heavy atom. The summed E-state index contributed by atoms with van der Waals surface area (Å²) < 4.78 is 5.19. The van der Waals surface area contributed by atoms with E-state index >= 15 is 0 Å². The number of carboxylic acids is 1. The number of alkyl carbamates (subject to hydrolysis) is 1. The number of amides is 1. The molecule has 24 heavy (non-hydrogen) atoms. The maximum absolute atomic E-state index is 11.9. The van der Waals surface area contributed by atoms with Crippen LogP contribution in [-0.2, 0) is 16.1 Å². The lowest BCUT2D eigenvalue weighted by Gasteiger charge is -2.32. The highest BCUT2D eigenvalue weighted by molar-refractivity contribution is 5.68. The highest BCUT2D eigenvalue weighted by atomic mass is 16.5. The Hall–Kier alpha value is -2.04. The van der Waals surface area contributed by atoms with Crippen molar-refractivity contribution in [3.8, 4) is 0 Å². The Bertz CT molecular complexity index is 531. The van der Waals surface area contributed by atoms with Crippen LogP contribution in [0.15, 0.2) is 30.3 Å². The van der Waals surface area contributed by atoms with E-state index in [1.165, 1.54) is 6.42 Å². The molecule has 3 atom stereocenters. The number of ether oxygens (including phenoxy) is 1. The van der Waals surface area contributed by atoms with Crippen LogP contribution in [-0.4, -0.2) is 23.7 Å². The molecule has 1 aromatic carbocycles. The van der Waals surface area contributed by atoms with Gasteiger partial charge < -0.3 is 15.2 Å². The van der Waals surface area contributed by atoms with Crippen LogP contribution in [0, 0.1) is 17.8 Å². The van der Waals surface area contributed by atoms with Gasteiger partial charge in [-0.1, -0.05) is 56.5 Å². The van der Waals surface area contributed by atoms with E-state index in [1.807, 2.05) is 30.3 Å². The van der Waals surface area contributed by atoms with Gasteiger partial charge in [0.1, 0.15) is 6.61 Å². The minimum absolute atomic E-state index is 0.0328. The second kappa shape index (κ2) is 9.30. The standard InChI is InChI=1S/C19H27NO4/c1-14-6-5-9-16(10-14)17(11-18(21)22)12-20-19(23)24-13-15-7-3-2-4-8-15/h2-4,7-8,14,16-17H,5-6,9-13H2,1H3,(H,20,23)(H,21,22). The second-order valence-corrected chi connectivity index (χ2v) is 6.83. The third-order valence-corrected chi connectivity index (χ3v) is 4.80. The van der Waals surface area contributed by atoms with Crippen molar-refractivity contribution in [2.45, 2.75) is 45.6 Å². The topological polar surface area (TPSA) is 75.6 Å². The fraction of sp³-hybridized carbons (Fsp3) is 0.579. The molecule has 1 aliphatic rings. The van der Waals surface area contributed by atoms with E-state index in [0.29, 0.717) is 18.4 Å². The van der Waals surface area contributed by atoms with Crippen molar-refractivity contribution in [2.75, 3.05) is 6.54 Å². The van der Waals surface area contributed by atoms with Gasteiger partial charge in [-0.2, -0.15) is 0 Å². The van der Waals surface area contributed by atoms with Gasteiger partial charge in [-0.05, 0) is 29.7 Å². The van der Waals surface area contributed by atoms with Gasteiger partial charge in [-0.3, -0.25) is 4.79 Å². The number of carbonyl (C=O) groups excluding carboxylic acids is 1. The molecule has 1 saturated carbocycles. The van der Waals surface area contributed by atoms with Crippen molar-refractivity contribution in [3.05, 3.63) is 35.9 Å². The summed E-state index contributed by atoms with van der Waals surface area (Å²) in [6, 6.07) is 9.48. The first-order chi connectivity index (χ1) is 11.5. The number of nitrogens with one attached hydrogen (secondary N) is 1. The third kappa shape index (κ3) is 6.22. The van der Waals surface area contributed by atoms with Crippen molar-refractivity contribution in [2.24, 2.45) is 17.8 Å². The SMILES string of the molecule is CC1CCCC(C(CNC(=O)OCc2ccccc2)CC(=O)O)C1. The molecule has 3 unspecified atom stereocenters. The second-order valence-electron chi connectivity index (χ2n) is 6.83. The molecule has 0 aromatic heterocycles. The summed E-state index contributed by atoms with van der Waals surface area (Å²) in [5.74, 6) is 0.150. The molecule has 1 fully saturated rings. The Labute approximate surface area is 143 Å². The van der Waals surface area contributed by atoms with Gasteiger partial charge >= 0.3 is 12.1 Å². The van der Waals surface area contributed by atoms with Crippen LogP contribution in [0.3, 0.4) is 0 Å². The van der Waals surface area contributed by atoms with Crippen LogP contribution >= 0.6 is 0 Å². The summed E-state index contributed by atoms with van der Waals surface area (Å²) in [7, 11) is 0. The average molecular weight is 333 g/mol. The fourth-order valence-electron chi connectivity index (χ4n) is 3.53. The predicted molar refractivity (Wildman–Crippen MR) is 91.5 cm³/mol. The van der Waals surface area contributed by atoms with Crippen LogP contribution in [0.1, 0.15) is 44.6 Å². The van der Waals surface area contributed by atoms with E-state index < -0.39 is 12.1 Å². The first-order valence-electron chi connectivity index (χ1n) is 8.71. The third-order valence-electron chi connectivity index (χ3n) is 4.80. The normalized spacial score (nSPS) is 21.7. The molecule has 0 spiro atoms. The molecule has 5 nitrogen and oxygen atoms in total. The van der Waals surface area contributed by atoms with Gasteiger partial charge in [0, 0.05) is 6.54 Å². The molecule has 0 heterocycles. The van der Waals surface area contributed by atoms with Crippen LogP contribution in [0.25, 0.3) is 0 Å². The average Bonchev–Trinajstić information content (AvgIpc) is 2.57. The van der Waals surface area contributed by atoms with Gasteiger partial charge in [0.15, 0.2) is 0 Å². The van der Waals surface area contributed by atoms with Gasteiger partial charge in [0.2, 0.25) is 0 Å². The first kappa shape index (κ1) is 18.3. The zero-order chi connectivity index (χ0) is 17.4. The monoisotopic (exact) mass is 333 g/mol. The number of benzene rings is 1. The molecule has 2 rings (SSSR count). The largest absolute Gasteiger partial charge is 0.481 e. The first-order valence-corrected chi connectivity index (χ1v) is 8.71. The van der Waals surface area contributed by atoms with Crippen LogP contribution in [0.4, 0.5) is 4.79 Å². The molecular weight excluding hydrogens is 306 g/mol.